The summed E-state index contributed by atoms with van der Waals surface area (Å²) in [5, 5.41) is 12.4. The number of benzene rings is 1. The summed E-state index contributed by atoms with van der Waals surface area (Å²) in [5.74, 6) is 1.01. The molecule has 29 heavy (non-hydrogen) atoms. The van der Waals surface area contributed by atoms with Crippen molar-refractivity contribution in [1.29, 1.82) is 0 Å². The van der Waals surface area contributed by atoms with E-state index < -0.39 is 0 Å². The molecule has 3 N–H and O–H groups in total. The lowest BCUT2D eigenvalue weighted by atomic mass is 9.96. The van der Waals surface area contributed by atoms with Crippen LogP contribution in [0.2, 0.25) is 0 Å². The first kappa shape index (κ1) is 19.8. The van der Waals surface area contributed by atoms with Crippen LogP contribution < -0.4 is 16.0 Å². The third kappa shape index (κ3) is 3.99. The molecule has 1 aromatic carbocycles. The van der Waals surface area contributed by atoms with E-state index in [9.17, 15) is 4.79 Å². The maximum atomic E-state index is 12.4. The molecule has 3 aromatic rings. The number of carbonyl (C=O) groups excluding carboxylic acids is 1. The molecule has 7 heteroatoms. The van der Waals surface area contributed by atoms with Gasteiger partial charge in [-0.15, -0.1) is 11.3 Å². The molecular weight excluding hydrogens is 400 g/mol. The van der Waals surface area contributed by atoms with Crippen molar-refractivity contribution >= 4 is 49.6 Å². The van der Waals surface area contributed by atoms with Gasteiger partial charge in [0.05, 0.1) is 10.3 Å². The van der Waals surface area contributed by atoms with Gasteiger partial charge in [0.1, 0.15) is 10.8 Å². The molecule has 0 radical (unpaired) electrons. The average molecular weight is 425 g/mol. The summed E-state index contributed by atoms with van der Waals surface area (Å²) in [6.07, 6.45) is 0.803. The predicted molar refractivity (Wildman–Crippen MR) is 124 cm³/mol. The summed E-state index contributed by atoms with van der Waals surface area (Å²) >= 11 is 3.14. The number of aromatic nitrogens is 1. The molecule has 0 fully saturated rings. The van der Waals surface area contributed by atoms with Gasteiger partial charge in [0, 0.05) is 35.1 Å². The summed E-state index contributed by atoms with van der Waals surface area (Å²) in [5.41, 5.74) is 3.54. The van der Waals surface area contributed by atoms with Gasteiger partial charge in [-0.2, -0.15) is 4.37 Å². The van der Waals surface area contributed by atoms with Crippen LogP contribution in [0.25, 0.3) is 10.1 Å². The maximum absolute atomic E-state index is 12.4. The fraction of sp³-hybridized carbons (Fsp3) is 0.273. The first-order valence-electron chi connectivity index (χ1n) is 9.53. The lowest BCUT2D eigenvalue weighted by Crippen LogP contribution is -2.40. The normalized spacial score (nSPS) is 15.7. The first-order chi connectivity index (χ1) is 13.9. The number of Topliss-reactive ketones (excluding diaryl/α,β-unsaturated/α-hetero) is 1. The number of nitrogens with zero attached hydrogens (tertiary/aromatic N) is 1. The fourth-order valence-corrected chi connectivity index (χ4v) is 5.52. The number of rotatable bonds is 7. The molecule has 150 valence electrons. The van der Waals surface area contributed by atoms with Crippen LogP contribution in [0.4, 0.5) is 10.8 Å². The summed E-state index contributed by atoms with van der Waals surface area (Å²) in [7, 11) is 0. The van der Waals surface area contributed by atoms with Gasteiger partial charge in [-0.1, -0.05) is 25.3 Å². The van der Waals surface area contributed by atoms with Gasteiger partial charge in [0.2, 0.25) is 0 Å². The van der Waals surface area contributed by atoms with Gasteiger partial charge in [-0.25, -0.2) is 0 Å². The van der Waals surface area contributed by atoms with E-state index in [-0.39, 0.29) is 11.8 Å². The zero-order chi connectivity index (χ0) is 20.5. The highest BCUT2D eigenvalue weighted by atomic mass is 32.1. The van der Waals surface area contributed by atoms with Crippen LogP contribution in [0.5, 0.6) is 0 Å². The molecule has 1 unspecified atom stereocenters. The van der Waals surface area contributed by atoms with Crippen LogP contribution >= 0.6 is 22.9 Å². The number of hydrogen-bond donors (Lipinski definition) is 3. The molecule has 0 saturated carbocycles. The van der Waals surface area contributed by atoms with Gasteiger partial charge in [-0.3, -0.25) is 4.79 Å². The Kier molecular flexibility index (Phi) is 5.54. The summed E-state index contributed by atoms with van der Waals surface area (Å²) < 4.78 is 5.73. The molecule has 1 atom stereocenters. The Morgan fingerprint density at radius 3 is 2.86 bits per heavy atom. The van der Waals surface area contributed by atoms with Gasteiger partial charge >= 0.3 is 0 Å². The monoisotopic (exact) mass is 424 g/mol. The molecule has 3 heterocycles. The predicted octanol–water partition coefficient (Wildman–Crippen LogP) is 5.19. The number of carbonyl (C=O) groups is 1. The lowest BCUT2D eigenvalue weighted by Gasteiger charge is -2.24. The Morgan fingerprint density at radius 2 is 2.10 bits per heavy atom. The highest BCUT2D eigenvalue weighted by Gasteiger charge is 2.27. The average Bonchev–Trinajstić information content (AvgIpc) is 3.26. The minimum atomic E-state index is 0.0821. The van der Waals surface area contributed by atoms with Crippen LogP contribution in [-0.2, 0) is 13.0 Å². The maximum Gasteiger partial charge on any atom is 0.163 e. The molecule has 0 amide bonds. The van der Waals surface area contributed by atoms with E-state index in [2.05, 4.69) is 45.6 Å². The number of thiophene rings is 1. The molecule has 4 rings (SSSR count). The van der Waals surface area contributed by atoms with Crippen molar-refractivity contribution in [3.8, 4) is 0 Å². The fourth-order valence-electron chi connectivity index (χ4n) is 3.51. The highest BCUT2D eigenvalue weighted by molar-refractivity contribution is 7.16. The van der Waals surface area contributed by atoms with Crippen LogP contribution in [0.3, 0.4) is 0 Å². The molecule has 0 saturated heterocycles. The van der Waals surface area contributed by atoms with Crippen LogP contribution in [-0.4, -0.2) is 22.7 Å². The largest absolute Gasteiger partial charge is 0.367 e. The van der Waals surface area contributed by atoms with Gasteiger partial charge < -0.3 is 16.0 Å². The van der Waals surface area contributed by atoms with Gasteiger partial charge in [0.25, 0.3) is 0 Å². The third-order valence-corrected chi connectivity index (χ3v) is 7.09. The number of anilines is 2. The van der Waals surface area contributed by atoms with Crippen molar-refractivity contribution in [3.05, 3.63) is 64.7 Å². The standard InChI is InChI=1S/C22H24N4OS2/c1-12(2)13(3)25-22-20(14(4)27)17-9-15(23-11-19(17)28-22)10-24-21-16-7-5-6-8-18(16)29-26-21/h5-8,15,23,25H,1,3,9-11H2,2,4H3,(H,24,26). The third-order valence-electron chi connectivity index (χ3n) is 5.12. The second kappa shape index (κ2) is 8.10. The second-order valence-corrected chi connectivity index (χ2v) is 9.25. The summed E-state index contributed by atoms with van der Waals surface area (Å²) in [4.78, 5) is 13.6. The zero-order valence-electron chi connectivity index (χ0n) is 16.6. The smallest absolute Gasteiger partial charge is 0.163 e. The van der Waals surface area contributed by atoms with E-state index in [1.165, 1.54) is 21.1 Å². The molecular formula is C22H24N4OS2. The molecule has 5 nitrogen and oxygen atoms in total. The second-order valence-electron chi connectivity index (χ2n) is 7.34. The topological polar surface area (TPSA) is 66.0 Å². The van der Waals surface area contributed by atoms with E-state index in [1.807, 2.05) is 19.1 Å². The molecule has 0 bridgehead atoms. The van der Waals surface area contributed by atoms with E-state index >= 15 is 0 Å². The minimum Gasteiger partial charge on any atom is -0.367 e. The van der Waals surface area contributed by atoms with Crippen LogP contribution in [0, 0.1) is 0 Å². The van der Waals surface area contributed by atoms with E-state index in [0.717, 1.165) is 58.1 Å². The summed E-state index contributed by atoms with van der Waals surface area (Å²) in [6.45, 7) is 13.0. The van der Waals surface area contributed by atoms with E-state index in [1.54, 1.807) is 18.3 Å². The minimum absolute atomic E-state index is 0.0821. The Morgan fingerprint density at radius 1 is 1.31 bits per heavy atom. The zero-order valence-corrected chi connectivity index (χ0v) is 18.2. The van der Waals surface area contributed by atoms with Gasteiger partial charge in [-0.05, 0) is 55.1 Å². The number of nitrogens with one attached hydrogen (secondary N) is 3. The number of allylic oxidation sites excluding steroid dienone is 1. The number of hydrogen-bond acceptors (Lipinski definition) is 7. The Labute approximate surface area is 178 Å². The highest BCUT2D eigenvalue weighted by Crippen LogP contribution is 2.38. The van der Waals surface area contributed by atoms with E-state index in [0.29, 0.717) is 0 Å². The molecule has 0 aliphatic carbocycles. The van der Waals surface area contributed by atoms with Crippen LogP contribution in [0.15, 0.2) is 48.7 Å². The van der Waals surface area contributed by atoms with E-state index in [4.69, 9.17) is 0 Å². The van der Waals surface area contributed by atoms with Crippen molar-refractivity contribution in [1.82, 2.24) is 9.69 Å². The Hall–Kier alpha value is -2.48. The van der Waals surface area contributed by atoms with Crippen LogP contribution in [0.1, 0.15) is 34.6 Å². The van der Waals surface area contributed by atoms with Crippen molar-refractivity contribution in [2.24, 2.45) is 0 Å². The Bertz CT molecular complexity index is 1110. The van der Waals surface area contributed by atoms with Crippen molar-refractivity contribution in [2.45, 2.75) is 32.9 Å². The summed E-state index contributed by atoms with van der Waals surface area (Å²) in [6, 6.07) is 8.47. The van der Waals surface area contributed by atoms with Crippen molar-refractivity contribution in [3.63, 3.8) is 0 Å². The molecule has 0 spiro atoms. The lowest BCUT2D eigenvalue weighted by molar-refractivity contribution is 0.101. The molecule has 2 aromatic heterocycles. The molecule has 1 aliphatic heterocycles. The number of ketones is 1. The molecule has 1 aliphatic rings. The van der Waals surface area contributed by atoms with Crippen molar-refractivity contribution < 1.29 is 4.79 Å². The quantitative estimate of drug-likeness (QED) is 0.360. The Balaban J connectivity index is 1.51. The number of fused-ring (bicyclic) bond motifs is 2. The van der Waals surface area contributed by atoms with Crippen molar-refractivity contribution in [2.75, 3.05) is 17.2 Å². The van der Waals surface area contributed by atoms with Gasteiger partial charge in [0.15, 0.2) is 5.78 Å². The first-order valence-corrected chi connectivity index (χ1v) is 11.1. The SMILES string of the molecule is C=C(C)C(=C)Nc1sc2c(c1C(C)=O)CC(CNc1nsc3ccccc13)NC2.